The molecular formula is C22H30F3N3O6S. The normalized spacial score (nSPS) is 30.5. The standard InChI is InChI=1S/C22H30F3N3O6S/c1-13-11-17(27-35(2,30)31)18-12-34-15-5-3-14(4-6-15)20-16(22(23,24)25)7-8-19(26-20)32-9-10-33-21(29)28(13)18/h7-8,13-15,17-18,27H,3-6,9-12H2,1-2H3/t13-,14?,15?,17+,18?/m1/s1. The monoisotopic (exact) mass is 521 g/mol. The molecule has 1 aromatic heterocycles. The molecule has 1 aromatic rings. The maximum Gasteiger partial charge on any atom is 0.418 e. The third-order valence-electron chi connectivity index (χ3n) is 6.79. The average Bonchev–Trinajstić information content (AvgIpc) is 3.07. The van der Waals surface area contributed by atoms with Crippen molar-refractivity contribution in [3.8, 4) is 5.88 Å². The minimum absolute atomic E-state index is 0.0363. The van der Waals surface area contributed by atoms with Crippen LogP contribution in [0.3, 0.4) is 0 Å². The molecule has 1 unspecified atom stereocenters. The van der Waals surface area contributed by atoms with Crippen molar-refractivity contribution in [2.45, 2.75) is 75.4 Å². The number of hydrogen-bond acceptors (Lipinski definition) is 7. The van der Waals surface area contributed by atoms with Crippen LogP contribution in [-0.2, 0) is 25.7 Å². The van der Waals surface area contributed by atoms with E-state index in [4.69, 9.17) is 14.2 Å². The van der Waals surface area contributed by atoms with Crippen LogP contribution in [0.4, 0.5) is 18.0 Å². The van der Waals surface area contributed by atoms with E-state index in [1.54, 1.807) is 0 Å². The van der Waals surface area contributed by atoms with Gasteiger partial charge in [0.1, 0.15) is 13.2 Å². The predicted molar refractivity (Wildman–Crippen MR) is 119 cm³/mol. The first-order chi connectivity index (χ1) is 16.4. The van der Waals surface area contributed by atoms with E-state index in [1.165, 1.54) is 11.0 Å². The van der Waals surface area contributed by atoms with Crippen molar-refractivity contribution in [1.82, 2.24) is 14.6 Å². The molecule has 196 valence electrons. The number of carbonyl (C=O) groups excluding carboxylic acids is 1. The lowest BCUT2D eigenvalue weighted by Gasteiger charge is -2.33. The molecule has 13 heteroatoms. The van der Waals surface area contributed by atoms with Crippen LogP contribution in [0, 0.1) is 0 Å². The summed E-state index contributed by atoms with van der Waals surface area (Å²) >= 11 is 0. The van der Waals surface area contributed by atoms with Gasteiger partial charge in [-0.1, -0.05) is 0 Å². The van der Waals surface area contributed by atoms with E-state index in [2.05, 4.69) is 9.71 Å². The Hall–Kier alpha value is -2.12. The Morgan fingerprint density at radius 2 is 1.80 bits per heavy atom. The Bertz CT molecular complexity index is 1030. The summed E-state index contributed by atoms with van der Waals surface area (Å²) in [5, 5.41) is 0. The van der Waals surface area contributed by atoms with Crippen molar-refractivity contribution in [3.05, 3.63) is 23.4 Å². The summed E-state index contributed by atoms with van der Waals surface area (Å²) in [6.45, 7) is 1.65. The van der Waals surface area contributed by atoms with Gasteiger partial charge in [0.05, 0.1) is 36.3 Å². The maximum absolute atomic E-state index is 13.6. The van der Waals surface area contributed by atoms with Crippen molar-refractivity contribution < 1.29 is 40.6 Å². The number of nitrogens with zero attached hydrogens (tertiary/aromatic N) is 2. The van der Waals surface area contributed by atoms with Crippen LogP contribution in [0.25, 0.3) is 0 Å². The molecule has 9 nitrogen and oxygen atoms in total. The van der Waals surface area contributed by atoms with E-state index in [0.717, 1.165) is 12.3 Å². The van der Waals surface area contributed by atoms with Gasteiger partial charge in [-0.2, -0.15) is 13.2 Å². The van der Waals surface area contributed by atoms with Gasteiger partial charge >= 0.3 is 12.3 Å². The van der Waals surface area contributed by atoms with Gasteiger partial charge in [-0.15, -0.1) is 0 Å². The van der Waals surface area contributed by atoms with Crippen LogP contribution < -0.4 is 9.46 Å². The molecule has 3 atom stereocenters. The fourth-order valence-electron chi connectivity index (χ4n) is 5.25. The van der Waals surface area contributed by atoms with E-state index in [9.17, 15) is 26.4 Å². The number of nitrogens with one attached hydrogen (secondary N) is 1. The quantitative estimate of drug-likeness (QED) is 0.638. The highest BCUT2D eigenvalue weighted by Gasteiger charge is 2.44. The molecular weight excluding hydrogens is 491 g/mol. The summed E-state index contributed by atoms with van der Waals surface area (Å²) in [5.41, 5.74) is -0.808. The first kappa shape index (κ1) is 26.0. The van der Waals surface area contributed by atoms with Crippen molar-refractivity contribution in [2.75, 3.05) is 26.1 Å². The van der Waals surface area contributed by atoms with E-state index >= 15 is 0 Å². The fourth-order valence-corrected chi connectivity index (χ4v) is 6.05. The zero-order chi connectivity index (χ0) is 25.4. The molecule has 4 aliphatic rings. The van der Waals surface area contributed by atoms with Crippen LogP contribution >= 0.6 is 0 Å². The first-order valence-corrected chi connectivity index (χ1v) is 13.6. The largest absolute Gasteiger partial charge is 0.474 e. The molecule has 4 bridgehead atoms. The van der Waals surface area contributed by atoms with Crippen molar-refractivity contribution >= 4 is 16.1 Å². The van der Waals surface area contributed by atoms with Crippen molar-refractivity contribution in [3.63, 3.8) is 0 Å². The third-order valence-corrected chi connectivity index (χ3v) is 7.53. The zero-order valence-corrected chi connectivity index (χ0v) is 20.4. The number of sulfonamides is 1. The van der Waals surface area contributed by atoms with Crippen LogP contribution in [0.5, 0.6) is 5.88 Å². The fraction of sp³-hybridized carbons (Fsp3) is 0.727. The summed E-state index contributed by atoms with van der Waals surface area (Å²) in [7, 11) is -3.53. The van der Waals surface area contributed by atoms with E-state index in [1.807, 2.05) is 6.92 Å². The molecule has 0 aromatic carbocycles. The lowest BCUT2D eigenvalue weighted by Crippen LogP contribution is -2.50. The van der Waals surface area contributed by atoms with Gasteiger partial charge in [0.15, 0.2) is 0 Å². The Morgan fingerprint density at radius 1 is 1.11 bits per heavy atom. The van der Waals surface area contributed by atoms with Crippen LogP contribution in [0.15, 0.2) is 12.1 Å². The number of ether oxygens (including phenoxy) is 3. The second kappa shape index (κ2) is 10.1. The Kier molecular flexibility index (Phi) is 7.49. The zero-order valence-electron chi connectivity index (χ0n) is 19.6. The summed E-state index contributed by atoms with van der Waals surface area (Å²) in [6, 6.07) is 0.750. The van der Waals surface area contributed by atoms with E-state index in [-0.39, 0.29) is 49.5 Å². The van der Waals surface area contributed by atoms with Gasteiger partial charge in [-0.25, -0.2) is 22.9 Å². The van der Waals surface area contributed by atoms with E-state index < -0.39 is 39.9 Å². The number of rotatable bonds is 2. The molecule has 1 aliphatic carbocycles. The molecule has 1 amide bonds. The molecule has 3 aliphatic heterocycles. The van der Waals surface area contributed by atoms with Gasteiger partial charge in [0.2, 0.25) is 15.9 Å². The van der Waals surface area contributed by atoms with Crippen LogP contribution in [-0.4, -0.2) is 74.7 Å². The minimum atomic E-state index is -4.53. The highest BCUT2D eigenvalue weighted by molar-refractivity contribution is 7.88. The number of alkyl halides is 3. The van der Waals surface area contributed by atoms with Gasteiger partial charge in [0.25, 0.3) is 0 Å². The van der Waals surface area contributed by atoms with Crippen LogP contribution in [0.1, 0.15) is 56.2 Å². The summed E-state index contributed by atoms with van der Waals surface area (Å²) < 4.78 is 84.2. The highest BCUT2D eigenvalue weighted by atomic mass is 32.2. The second-order valence-corrected chi connectivity index (χ2v) is 11.2. The lowest BCUT2D eigenvalue weighted by atomic mass is 9.83. The average molecular weight is 522 g/mol. The van der Waals surface area contributed by atoms with Gasteiger partial charge in [-0.3, -0.25) is 4.90 Å². The number of carbonyl (C=O) groups is 1. The molecule has 0 spiro atoms. The van der Waals surface area contributed by atoms with Gasteiger partial charge < -0.3 is 14.2 Å². The topological polar surface area (TPSA) is 107 Å². The molecule has 1 N–H and O–H groups in total. The first-order valence-electron chi connectivity index (χ1n) is 11.7. The SMILES string of the molecule is C[C@@H]1C[C@H](NS(C)(=O)=O)C2COC3CCC(CC3)c3nc(ccc3C(F)(F)F)OCCOC(=O)N21. The highest BCUT2D eigenvalue weighted by Crippen LogP contribution is 2.41. The molecule has 1 saturated heterocycles. The number of fused-ring (bicyclic) bond motifs is 7. The number of halogens is 3. The number of hydrogen-bond donors (Lipinski definition) is 1. The Morgan fingerprint density at radius 3 is 2.46 bits per heavy atom. The van der Waals surface area contributed by atoms with E-state index in [0.29, 0.717) is 32.1 Å². The van der Waals surface area contributed by atoms with Gasteiger partial charge in [0, 0.05) is 24.1 Å². The minimum Gasteiger partial charge on any atom is -0.474 e. The molecule has 2 fully saturated rings. The van der Waals surface area contributed by atoms with Crippen LogP contribution in [0.2, 0.25) is 0 Å². The maximum atomic E-state index is 13.6. The third kappa shape index (κ3) is 6.18. The van der Waals surface area contributed by atoms with Crippen molar-refractivity contribution in [1.29, 1.82) is 0 Å². The second-order valence-electron chi connectivity index (χ2n) is 9.41. The number of aromatic nitrogens is 1. The van der Waals surface area contributed by atoms with Crippen molar-refractivity contribution in [2.24, 2.45) is 0 Å². The molecule has 0 radical (unpaired) electrons. The molecule has 4 heterocycles. The molecule has 35 heavy (non-hydrogen) atoms. The number of pyridine rings is 1. The summed E-state index contributed by atoms with van der Waals surface area (Å²) in [5.74, 6) is -0.345. The summed E-state index contributed by atoms with van der Waals surface area (Å²) in [4.78, 5) is 18.5. The summed E-state index contributed by atoms with van der Waals surface area (Å²) in [6.07, 6.45) is -1.97. The van der Waals surface area contributed by atoms with Gasteiger partial charge in [-0.05, 0) is 45.1 Å². The number of amides is 1. The Balaban J connectivity index is 1.58. The molecule has 5 rings (SSSR count). The Labute approximate surface area is 202 Å². The lowest BCUT2D eigenvalue weighted by molar-refractivity contribution is -0.138. The molecule has 1 saturated carbocycles. The predicted octanol–water partition coefficient (Wildman–Crippen LogP) is 3.05. The smallest absolute Gasteiger partial charge is 0.418 e.